The molecule has 0 atom stereocenters. The number of para-hydroxylation sites is 2. The van der Waals surface area contributed by atoms with Crippen LogP contribution in [0.3, 0.4) is 0 Å². The van der Waals surface area contributed by atoms with Gasteiger partial charge in [0.05, 0.1) is 11.5 Å². The highest BCUT2D eigenvalue weighted by Gasteiger charge is 2.55. The van der Waals surface area contributed by atoms with Gasteiger partial charge in [0, 0.05) is 0 Å². The number of carbonyl (C=O) groups is 1. The third kappa shape index (κ3) is 3.62. The highest BCUT2D eigenvalue weighted by molar-refractivity contribution is 7.94. The van der Waals surface area contributed by atoms with Crippen molar-refractivity contribution >= 4 is 25.6 Å². The van der Waals surface area contributed by atoms with Crippen LogP contribution in [0, 0.1) is 0 Å². The zero-order valence-corrected chi connectivity index (χ0v) is 16.4. The Labute approximate surface area is 162 Å². The van der Waals surface area contributed by atoms with Crippen molar-refractivity contribution < 1.29 is 31.6 Å². The molecule has 2 aromatic rings. The summed E-state index contributed by atoms with van der Waals surface area (Å²) in [6.07, 6.45) is -0.909. The van der Waals surface area contributed by atoms with Gasteiger partial charge in [0.15, 0.2) is 14.6 Å². The maximum Gasteiger partial charge on any atom is 0.265 e. The van der Waals surface area contributed by atoms with E-state index in [1.807, 2.05) is 0 Å². The number of benzene rings is 2. The molecule has 1 fully saturated rings. The molecule has 0 bridgehead atoms. The second-order valence-electron chi connectivity index (χ2n) is 6.45. The van der Waals surface area contributed by atoms with Gasteiger partial charge in [-0.2, -0.15) is 0 Å². The second kappa shape index (κ2) is 7.53. The molecule has 1 aliphatic heterocycles. The molecule has 150 valence electrons. The maximum atomic E-state index is 13.5. The number of ether oxygens (including phenoxy) is 1. The van der Waals surface area contributed by atoms with E-state index in [0.717, 1.165) is 0 Å². The first-order valence-electron chi connectivity index (χ1n) is 8.43. The van der Waals surface area contributed by atoms with E-state index in [1.54, 1.807) is 36.4 Å². The lowest BCUT2D eigenvalue weighted by Gasteiger charge is -2.34. The summed E-state index contributed by atoms with van der Waals surface area (Å²) in [5.41, 5.74) is 1.39. The Morgan fingerprint density at radius 3 is 2.18 bits per heavy atom. The molecule has 10 heteroatoms. The van der Waals surface area contributed by atoms with Crippen molar-refractivity contribution in [1.29, 1.82) is 0 Å². The Morgan fingerprint density at radius 2 is 1.57 bits per heavy atom. The first-order chi connectivity index (χ1) is 13.2. The fraction of sp³-hybridized carbons (Fsp3) is 0.278. The van der Waals surface area contributed by atoms with Crippen molar-refractivity contribution in [3.05, 3.63) is 54.6 Å². The summed E-state index contributed by atoms with van der Waals surface area (Å²) in [6.45, 7) is 0. The van der Waals surface area contributed by atoms with E-state index in [1.165, 1.54) is 23.7 Å². The molecule has 8 nitrogen and oxygen atoms in total. The number of carbonyl (C=O) groups excluding carboxylic acids is 1. The molecule has 1 amide bonds. The lowest BCUT2D eigenvalue weighted by molar-refractivity contribution is -0.132. The summed E-state index contributed by atoms with van der Waals surface area (Å²) in [7, 11) is -7.85. The molecule has 0 unspecified atom stereocenters. The van der Waals surface area contributed by atoms with Crippen LogP contribution in [-0.2, 0) is 24.5 Å². The Morgan fingerprint density at radius 1 is 1.00 bits per heavy atom. The van der Waals surface area contributed by atoms with Crippen LogP contribution in [-0.4, -0.2) is 44.2 Å². The summed E-state index contributed by atoms with van der Waals surface area (Å²) in [5.74, 6) is -1.69. The number of nitrogens with one attached hydrogen (secondary N) is 1. The Bertz CT molecular complexity index is 1070. The predicted octanol–water partition coefficient (Wildman–Crippen LogP) is 1.71. The van der Waals surface area contributed by atoms with Gasteiger partial charge >= 0.3 is 0 Å². The molecular weight excluding hydrogens is 406 g/mol. The van der Waals surface area contributed by atoms with E-state index >= 15 is 0 Å². The number of sulfone groups is 2. The average molecular weight is 425 g/mol. The fourth-order valence-electron chi connectivity index (χ4n) is 3.17. The standard InChI is InChI=1S/C18H19NO7S2/c20-17(19-21)18(10-12-27(22,23)13-11-18)28(24,25)16-9-5-4-8-15(16)26-14-6-2-1-3-7-14/h1-9,21H,10-13H2,(H,19,20). The molecule has 0 spiro atoms. The number of hydrogen-bond donors (Lipinski definition) is 2. The Balaban J connectivity index is 2.09. The van der Waals surface area contributed by atoms with Gasteiger partial charge < -0.3 is 4.74 Å². The van der Waals surface area contributed by atoms with Gasteiger partial charge in [-0.3, -0.25) is 10.0 Å². The van der Waals surface area contributed by atoms with Gasteiger partial charge in [-0.1, -0.05) is 30.3 Å². The monoisotopic (exact) mass is 425 g/mol. The summed E-state index contributed by atoms with van der Waals surface area (Å²) in [4.78, 5) is 12.2. The quantitative estimate of drug-likeness (QED) is 0.551. The summed E-state index contributed by atoms with van der Waals surface area (Å²) >= 11 is 0. The molecule has 0 aliphatic carbocycles. The highest BCUT2D eigenvalue weighted by atomic mass is 32.2. The fourth-order valence-corrected chi connectivity index (χ4v) is 7.04. The summed E-state index contributed by atoms with van der Waals surface area (Å²) in [5, 5.41) is 9.15. The maximum absolute atomic E-state index is 13.5. The number of rotatable bonds is 5. The van der Waals surface area contributed by atoms with Crippen molar-refractivity contribution in [2.24, 2.45) is 0 Å². The van der Waals surface area contributed by atoms with Gasteiger partial charge in [0.2, 0.25) is 0 Å². The van der Waals surface area contributed by atoms with E-state index in [2.05, 4.69) is 0 Å². The predicted molar refractivity (Wildman–Crippen MR) is 101 cm³/mol. The molecule has 2 N–H and O–H groups in total. The number of hydroxylamine groups is 1. The van der Waals surface area contributed by atoms with E-state index in [4.69, 9.17) is 9.94 Å². The Hall–Kier alpha value is -2.43. The molecule has 0 aromatic heterocycles. The minimum atomic E-state index is -4.40. The van der Waals surface area contributed by atoms with Crippen LogP contribution in [0.5, 0.6) is 11.5 Å². The lowest BCUT2D eigenvalue weighted by Crippen LogP contribution is -2.55. The summed E-state index contributed by atoms with van der Waals surface area (Å²) in [6, 6.07) is 14.3. The topological polar surface area (TPSA) is 127 Å². The van der Waals surface area contributed by atoms with Crippen LogP contribution in [0.2, 0.25) is 0 Å². The zero-order chi connectivity index (χ0) is 20.4. The van der Waals surface area contributed by atoms with Crippen LogP contribution in [0.4, 0.5) is 0 Å². The molecule has 2 aromatic carbocycles. The first kappa shape index (κ1) is 20.3. The molecule has 1 aliphatic rings. The van der Waals surface area contributed by atoms with Crippen molar-refractivity contribution in [3.63, 3.8) is 0 Å². The highest BCUT2D eigenvalue weighted by Crippen LogP contribution is 2.40. The van der Waals surface area contributed by atoms with Crippen molar-refractivity contribution in [2.45, 2.75) is 22.5 Å². The van der Waals surface area contributed by atoms with E-state index in [-0.39, 0.29) is 10.6 Å². The number of amides is 1. The molecular formula is C18H19NO7S2. The van der Waals surface area contributed by atoms with E-state index in [0.29, 0.717) is 5.75 Å². The first-order valence-corrected chi connectivity index (χ1v) is 11.7. The van der Waals surface area contributed by atoms with Crippen molar-refractivity contribution in [1.82, 2.24) is 5.48 Å². The minimum absolute atomic E-state index is 0.00671. The largest absolute Gasteiger partial charge is 0.456 e. The van der Waals surface area contributed by atoms with Crippen LogP contribution in [0.1, 0.15) is 12.8 Å². The van der Waals surface area contributed by atoms with Crippen molar-refractivity contribution in [3.8, 4) is 11.5 Å². The van der Waals surface area contributed by atoms with Crippen molar-refractivity contribution in [2.75, 3.05) is 11.5 Å². The molecule has 1 saturated heterocycles. The van der Waals surface area contributed by atoms with Gasteiger partial charge in [0.25, 0.3) is 5.91 Å². The third-order valence-corrected chi connectivity index (χ3v) is 8.96. The minimum Gasteiger partial charge on any atom is -0.456 e. The normalized spacial score (nSPS) is 18.2. The molecule has 28 heavy (non-hydrogen) atoms. The lowest BCUT2D eigenvalue weighted by atomic mass is 10.0. The van der Waals surface area contributed by atoms with E-state index in [9.17, 15) is 21.6 Å². The Kier molecular flexibility index (Phi) is 5.46. The van der Waals surface area contributed by atoms with Crippen LogP contribution >= 0.6 is 0 Å². The summed E-state index contributed by atoms with van der Waals surface area (Å²) < 4.78 is 54.2. The van der Waals surface area contributed by atoms with Gasteiger partial charge in [0.1, 0.15) is 26.2 Å². The SMILES string of the molecule is O=C(NO)C1(S(=O)(=O)c2ccccc2Oc2ccccc2)CCS(=O)(=O)CC1. The van der Waals surface area contributed by atoms with Crippen LogP contribution < -0.4 is 10.2 Å². The molecule has 0 saturated carbocycles. The zero-order valence-electron chi connectivity index (χ0n) is 14.7. The number of hydrogen-bond acceptors (Lipinski definition) is 7. The molecule has 1 heterocycles. The van der Waals surface area contributed by atoms with Gasteiger partial charge in [-0.05, 0) is 37.1 Å². The third-order valence-electron chi connectivity index (χ3n) is 4.77. The van der Waals surface area contributed by atoms with Gasteiger partial charge in [-0.25, -0.2) is 22.3 Å². The smallest absolute Gasteiger partial charge is 0.265 e. The molecule has 0 radical (unpaired) electrons. The van der Waals surface area contributed by atoms with Crippen LogP contribution in [0.25, 0.3) is 0 Å². The molecule has 3 rings (SSSR count). The van der Waals surface area contributed by atoms with Crippen LogP contribution in [0.15, 0.2) is 59.5 Å². The second-order valence-corrected chi connectivity index (χ2v) is 11.0. The van der Waals surface area contributed by atoms with Gasteiger partial charge in [-0.15, -0.1) is 0 Å². The average Bonchev–Trinajstić information content (AvgIpc) is 2.68. The van der Waals surface area contributed by atoms with E-state index < -0.39 is 54.7 Å².